The van der Waals surface area contributed by atoms with E-state index in [1.807, 2.05) is 24.3 Å². The minimum atomic E-state index is -0.838. The first-order valence-electron chi connectivity index (χ1n) is 12.2. The van der Waals surface area contributed by atoms with Crippen LogP contribution in [0.1, 0.15) is 43.2 Å². The van der Waals surface area contributed by atoms with E-state index in [4.69, 9.17) is 14.6 Å². The summed E-state index contributed by atoms with van der Waals surface area (Å²) in [6.45, 7) is 3.01. The first-order chi connectivity index (χ1) is 17.0. The molecule has 1 aliphatic heterocycles. The van der Waals surface area contributed by atoms with Crippen LogP contribution >= 0.6 is 0 Å². The number of alkyl carbamates (subject to hydrolysis) is 1. The summed E-state index contributed by atoms with van der Waals surface area (Å²) in [5, 5.41) is 14.5. The number of fused-ring (bicyclic) bond motifs is 3. The Bertz CT molecular complexity index is 1030. The molecule has 0 bridgehead atoms. The highest BCUT2D eigenvalue weighted by Crippen LogP contribution is 2.44. The molecule has 4 rings (SSSR count). The molecule has 0 aromatic heterocycles. The molecule has 2 aromatic rings. The van der Waals surface area contributed by atoms with Gasteiger partial charge in [0.05, 0.1) is 5.92 Å². The number of hydrogen-bond donors (Lipinski definition) is 3. The van der Waals surface area contributed by atoms with Crippen molar-refractivity contribution in [1.29, 1.82) is 0 Å². The van der Waals surface area contributed by atoms with E-state index in [1.54, 1.807) is 6.92 Å². The zero-order valence-electron chi connectivity index (χ0n) is 19.9. The standard InChI is InChI=1S/C27H32N2O6/c1-17(26(31)32)7-6-13-28-25(30)24-18(12-14-34-24)15-29-27(33)35-16-23-21-10-4-2-8-19(21)20-9-3-5-11-22(20)23/h2-5,8-11,17-18,23-24H,6-7,12-16H2,1H3,(H,28,30)(H,29,33)(H,31,32). The molecule has 1 heterocycles. The predicted octanol–water partition coefficient (Wildman–Crippen LogP) is 3.55. The first kappa shape index (κ1) is 24.7. The van der Waals surface area contributed by atoms with E-state index in [0.29, 0.717) is 32.4 Å². The molecule has 1 fully saturated rings. The van der Waals surface area contributed by atoms with Crippen LogP contribution in [0.25, 0.3) is 11.1 Å². The lowest BCUT2D eigenvalue weighted by Gasteiger charge is -2.19. The van der Waals surface area contributed by atoms with Crippen molar-refractivity contribution in [2.75, 3.05) is 26.3 Å². The maximum atomic E-state index is 12.5. The van der Waals surface area contributed by atoms with Gasteiger partial charge in [0, 0.05) is 31.5 Å². The van der Waals surface area contributed by atoms with E-state index >= 15 is 0 Å². The van der Waals surface area contributed by atoms with Crippen molar-refractivity contribution >= 4 is 18.0 Å². The molecule has 3 N–H and O–H groups in total. The fraction of sp³-hybridized carbons (Fsp3) is 0.444. The number of carbonyl (C=O) groups is 3. The molecule has 0 radical (unpaired) electrons. The van der Waals surface area contributed by atoms with Gasteiger partial charge in [0.1, 0.15) is 12.7 Å². The number of carboxylic acids is 1. The van der Waals surface area contributed by atoms with Gasteiger partial charge in [-0.25, -0.2) is 4.79 Å². The molecule has 3 unspecified atom stereocenters. The lowest BCUT2D eigenvalue weighted by Crippen LogP contribution is -2.42. The molecule has 0 saturated carbocycles. The summed E-state index contributed by atoms with van der Waals surface area (Å²) in [4.78, 5) is 35.9. The molecule has 2 amide bonds. The average molecular weight is 481 g/mol. The van der Waals surface area contributed by atoms with Crippen molar-refractivity contribution in [2.24, 2.45) is 11.8 Å². The fourth-order valence-electron chi connectivity index (χ4n) is 4.84. The SMILES string of the molecule is CC(CCCNC(=O)C1OCCC1CNC(=O)OCC1c2ccccc2-c2ccccc21)C(=O)O. The van der Waals surface area contributed by atoms with Gasteiger partial charge in [-0.2, -0.15) is 0 Å². The molecule has 2 aliphatic rings. The highest BCUT2D eigenvalue weighted by molar-refractivity contribution is 5.81. The predicted molar refractivity (Wildman–Crippen MR) is 130 cm³/mol. The van der Waals surface area contributed by atoms with Gasteiger partial charge in [-0.1, -0.05) is 55.5 Å². The smallest absolute Gasteiger partial charge is 0.407 e. The van der Waals surface area contributed by atoms with Crippen molar-refractivity contribution in [2.45, 2.75) is 38.2 Å². The molecule has 0 spiro atoms. The van der Waals surface area contributed by atoms with Crippen LogP contribution in [0, 0.1) is 11.8 Å². The van der Waals surface area contributed by atoms with Gasteiger partial charge < -0.3 is 25.2 Å². The molecular formula is C27H32N2O6. The Kier molecular flexibility index (Phi) is 8.02. The van der Waals surface area contributed by atoms with Crippen LogP contribution in [-0.4, -0.2) is 55.5 Å². The molecule has 2 aromatic carbocycles. The van der Waals surface area contributed by atoms with Gasteiger partial charge in [0.15, 0.2) is 0 Å². The molecule has 8 heteroatoms. The van der Waals surface area contributed by atoms with E-state index in [9.17, 15) is 14.4 Å². The Morgan fingerprint density at radius 2 is 1.71 bits per heavy atom. The Labute approximate surface area is 205 Å². The first-order valence-corrected chi connectivity index (χ1v) is 12.2. The van der Waals surface area contributed by atoms with Gasteiger partial charge in [-0.05, 0) is 41.5 Å². The molecule has 8 nitrogen and oxygen atoms in total. The number of ether oxygens (including phenoxy) is 2. The van der Waals surface area contributed by atoms with Crippen molar-refractivity contribution in [1.82, 2.24) is 10.6 Å². The third-order valence-electron chi connectivity index (χ3n) is 6.86. The normalized spacial score (nSPS) is 19.5. The quantitative estimate of drug-likeness (QED) is 0.448. The van der Waals surface area contributed by atoms with E-state index in [2.05, 4.69) is 34.9 Å². The lowest BCUT2D eigenvalue weighted by atomic mass is 9.98. The molecular weight excluding hydrogens is 448 g/mol. The summed E-state index contributed by atoms with van der Waals surface area (Å²) in [5.41, 5.74) is 4.65. The van der Waals surface area contributed by atoms with Crippen LogP contribution in [0.5, 0.6) is 0 Å². The Morgan fingerprint density at radius 1 is 1.06 bits per heavy atom. The van der Waals surface area contributed by atoms with Gasteiger partial charge in [0.2, 0.25) is 5.91 Å². The third-order valence-corrected chi connectivity index (χ3v) is 6.86. The maximum Gasteiger partial charge on any atom is 0.407 e. The highest BCUT2D eigenvalue weighted by Gasteiger charge is 2.34. The highest BCUT2D eigenvalue weighted by atomic mass is 16.5. The van der Waals surface area contributed by atoms with E-state index in [0.717, 1.165) is 11.1 Å². The molecule has 3 atom stereocenters. The van der Waals surface area contributed by atoms with Crippen molar-refractivity contribution in [3.05, 3.63) is 59.7 Å². The fourth-order valence-corrected chi connectivity index (χ4v) is 4.84. The number of rotatable bonds is 10. The summed E-state index contributed by atoms with van der Waals surface area (Å²) in [7, 11) is 0. The van der Waals surface area contributed by atoms with Gasteiger partial charge in [-0.3, -0.25) is 9.59 Å². The van der Waals surface area contributed by atoms with Crippen LogP contribution in [0.15, 0.2) is 48.5 Å². The monoisotopic (exact) mass is 480 g/mol. The van der Waals surface area contributed by atoms with Gasteiger partial charge >= 0.3 is 12.1 Å². The zero-order valence-corrected chi connectivity index (χ0v) is 19.9. The van der Waals surface area contributed by atoms with Crippen LogP contribution in [-0.2, 0) is 19.1 Å². The number of nitrogens with one attached hydrogen (secondary N) is 2. The topological polar surface area (TPSA) is 114 Å². The Morgan fingerprint density at radius 3 is 2.37 bits per heavy atom. The van der Waals surface area contributed by atoms with Crippen LogP contribution in [0.3, 0.4) is 0 Å². The van der Waals surface area contributed by atoms with Crippen molar-refractivity contribution < 1.29 is 29.0 Å². The number of amides is 2. The molecule has 186 valence electrons. The number of carboxylic acid groups (broad SMARTS) is 1. The maximum absolute atomic E-state index is 12.5. The van der Waals surface area contributed by atoms with E-state index < -0.39 is 24.1 Å². The Balaban J connectivity index is 1.23. The lowest BCUT2D eigenvalue weighted by molar-refractivity contribution is -0.141. The van der Waals surface area contributed by atoms with Gasteiger partial charge in [0.25, 0.3) is 0 Å². The number of carbonyl (C=O) groups excluding carboxylic acids is 2. The molecule has 35 heavy (non-hydrogen) atoms. The van der Waals surface area contributed by atoms with Gasteiger partial charge in [-0.15, -0.1) is 0 Å². The zero-order chi connectivity index (χ0) is 24.8. The summed E-state index contributed by atoms with van der Waals surface area (Å²) in [6, 6.07) is 16.3. The van der Waals surface area contributed by atoms with Crippen molar-refractivity contribution in [3.8, 4) is 11.1 Å². The minimum absolute atomic E-state index is 0.00895. The summed E-state index contributed by atoms with van der Waals surface area (Å²) in [5.74, 6) is -1.66. The van der Waals surface area contributed by atoms with Crippen molar-refractivity contribution in [3.63, 3.8) is 0 Å². The second-order valence-electron chi connectivity index (χ2n) is 9.22. The third kappa shape index (κ3) is 5.82. The minimum Gasteiger partial charge on any atom is -0.481 e. The summed E-state index contributed by atoms with van der Waals surface area (Å²) < 4.78 is 11.2. The number of benzene rings is 2. The largest absolute Gasteiger partial charge is 0.481 e. The molecule has 1 saturated heterocycles. The second-order valence-corrected chi connectivity index (χ2v) is 9.22. The number of aliphatic carboxylic acids is 1. The van der Waals surface area contributed by atoms with Crippen LogP contribution in [0.2, 0.25) is 0 Å². The van der Waals surface area contributed by atoms with E-state index in [1.165, 1.54) is 11.1 Å². The number of hydrogen-bond acceptors (Lipinski definition) is 5. The second kappa shape index (κ2) is 11.4. The summed E-state index contributed by atoms with van der Waals surface area (Å²) in [6.07, 6.45) is 0.585. The van der Waals surface area contributed by atoms with Crippen LogP contribution < -0.4 is 10.6 Å². The summed E-state index contributed by atoms with van der Waals surface area (Å²) >= 11 is 0. The van der Waals surface area contributed by atoms with E-state index in [-0.39, 0.29) is 30.9 Å². The average Bonchev–Trinajstić information content (AvgIpc) is 3.46. The molecule has 1 aliphatic carbocycles. The Hall–Kier alpha value is -3.39. The van der Waals surface area contributed by atoms with Crippen LogP contribution in [0.4, 0.5) is 4.79 Å².